The van der Waals surface area contributed by atoms with E-state index >= 15 is 0 Å². The predicted octanol–water partition coefficient (Wildman–Crippen LogP) is 1.86. The molecule has 1 aromatic heterocycles. The summed E-state index contributed by atoms with van der Waals surface area (Å²) < 4.78 is 29.3. The lowest BCUT2D eigenvalue weighted by Gasteiger charge is -2.12. The van der Waals surface area contributed by atoms with Gasteiger partial charge in [-0.1, -0.05) is 11.6 Å². The first-order chi connectivity index (χ1) is 10.8. The predicted molar refractivity (Wildman–Crippen MR) is 85.5 cm³/mol. The summed E-state index contributed by atoms with van der Waals surface area (Å²) in [4.78, 5) is 19.3. The highest BCUT2D eigenvalue weighted by Crippen LogP contribution is 2.30. The third kappa shape index (κ3) is 4.17. The van der Waals surface area contributed by atoms with Gasteiger partial charge in [-0.2, -0.15) is 0 Å². The number of amides is 1. The Morgan fingerprint density at radius 1 is 1.30 bits per heavy atom. The van der Waals surface area contributed by atoms with Gasteiger partial charge in [0.05, 0.1) is 12.8 Å². The van der Waals surface area contributed by atoms with E-state index in [0.717, 1.165) is 5.56 Å². The lowest BCUT2D eigenvalue weighted by atomic mass is 10.2. The zero-order chi connectivity index (χ0) is 17.0. The fourth-order valence-electron chi connectivity index (χ4n) is 1.80. The van der Waals surface area contributed by atoms with Crippen molar-refractivity contribution in [2.75, 3.05) is 18.2 Å². The smallest absolute Gasteiger partial charge is 0.247 e. The molecule has 2 rings (SSSR count). The van der Waals surface area contributed by atoms with Crippen molar-refractivity contribution in [2.24, 2.45) is 0 Å². The third-order valence-corrected chi connectivity index (χ3v) is 4.71. The van der Waals surface area contributed by atoms with Crippen molar-refractivity contribution >= 4 is 33.0 Å². The van der Waals surface area contributed by atoms with E-state index in [-0.39, 0.29) is 0 Å². The number of nitrogens with one attached hydrogen (secondary N) is 1. The van der Waals surface area contributed by atoms with Gasteiger partial charge in [0.1, 0.15) is 11.5 Å². The second kappa shape index (κ2) is 6.93. The van der Waals surface area contributed by atoms with Crippen molar-refractivity contribution in [3.05, 3.63) is 41.2 Å². The van der Waals surface area contributed by atoms with Crippen molar-refractivity contribution in [1.82, 2.24) is 9.97 Å². The molecule has 2 aromatic rings. The Morgan fingerprint density at radius 3 is 2.57 bits per heavy atom. The first-order valence-electron chi connectivity index (χ1n) is 6.47. The van der Waals surface area contributed by atoms with Gasteiger partial charge in [-0.05, 0) is 24.6 Å². The Kier molecular flexibility index (Phi) is 5.17. The van der Waals surface area contributed by atoms with Gasteiger partial charge in [-0.15, -0.1) is 0 Å². The Morgan fingerprint density at radius 2 is 1.96 bits per heavy atom. The summed E-state index contributed by atoms with van der Waals surface area (Å²) in [7, 11) is -2.50. The number of rotatable bonds is 5. The summed E-state index contributed by atoms with van der Waals surface area (Å²) in [6, 6.07) is 4.63. The number of methoxy groups -OCH3 is 1. The molecule has 23 heavy (non-hydrogen) atoms. The van der Waals surface area contributed by atoms with E-state index in [1.807, 2.05) is 0 Å². The minimum atomic E-state index is -3.92. The minimum absolute atomic E-state index is 0.335. The van der Waals surface area contributed by atoms with Crippen LogP contribution in [0.5, 0.6) is 5.75 Å². The van der Waals surface area contributed by atoms with Crippen molar-refractivity contribution in [3.63, 3.8) is 0 Å². The number of halogens is 1. The molecule has 1 amide bonds. The number of hydrogen-bond donors (Lipinski definition) is 1. The first kappa shape index (κ1) is 17.2. The summed E-state index contributed by atoms with van der Waals surface area (Å²) in [5, 5.41) is 2.58. The average Bonchev–Trinajstić information content (AvgIpc) is 2.51. The molecule has 0 aliphatic heterocycles. The molecule has 0 saturated heterocycles. The highest BCUT2D eigenvalue weighted by molar-refractivity contribution is 7.91. The van der Waals surface area contributed by atoms with Gasteiger partial charge in [-0.3, -0.25) is 4.79 Å². The Bertz CT molecular complexity index is 825. The van der Waals surface area contributed by atoms with Gasteiger partial charge in [0.15, 0.2) is 0 Å². The molecule has 0 radical (unpaired) electrons. The van der Waals surface area contributed by atoms with E-state index in [4.69, 9.17) is 16.3 Å². The number of hydrogen-bond acceptors (Lipinski definition) is 6. The highest BCUT2D eigenvalue weighted by Gasteiger charge is 2.23. The normalized spacial score (nSPS) is 11.1. The molecule has 0 aliphatic rings. The molecule has 1 heterocycles. The molecule has 0 unspecified atom stereocenters. The van der Waals surface area contributed by atoms with Gasteiger partial charge in [0.2, 0.25) is 20.9 Å². The number of nitrogens with zero attached hydrogens (tertiary/aromatic N) is 2. The van der Waals surface area contributed by atoms with Crippen LogP contribution >= 0.6 is 11.6 Å². The van der Waals surface area contributed by atoms with Gasteiger partial charge in [-0.25, -0.2) is 18.4 Å². The zero-order valence-corrected chi connectivity index (χ0v) is 14.0. The number of carbonyl (C=O) groups is 1. The summed E-state index contributed by atoms with van der Waals surface area (Å²) in [6.45, 7) is 1.76. The summed E-state index contributed by atoms with van der Waals surface area (Å²) in [5.41, 5.74) is 1.06. The van der Waals surface area contributed by atoms with E-state index in [1.165, 1.54) is 25.6 Å². The SMILES string of the molecule is COc1cc(Cl)c(C)cc1NC(=O)CS(=O)(=O)c1ncccn1. The Balaban J connectivity index is 2.19. The summed E-state index contributed by atoms with van der Waals surface area (Å²) in [5.74, 6) is -1.17. The molecule has 9 heteroatoms. The maximum absolute atomic E-state index is 12.1. The monoisotopic (exact) mass is 355 g/mol. The van der Waals surface area contributed by atoms with E-state index < -0.39 is 26.7 Å². The van der Waals surface area contributed by atoms with Gasteiger partial charge < -0.3 is 10.1 Å². The van der Waals surface area contributed by atoms with Gasteiger partial charge >= 0.3 is 0 Å². The number of ether oxygens (including phenoxy) is 1. The number of anilines is 1. The topological polar surface area (TPSA) is 98.2 Å². The Labute approximate surface area is 138 Å². The lowest BCUT2D eigenvalue weighted by molar-refractivity contribution is -0.113. The van der Waals surface area contributed by atoms with Crippen LogP contribution in [0.15, 0.2) is 35.7 Å². The highest BCUT2D eigenvalue weighted by atomic mass is 35.5. The molecule has 0 saturated carbocycles. The molecule has 0 fully saturated rings. The molecule has 1 N–H and O–H groups in total. The van der Waals surface area contributed by atoms with Crippen LogP contribution in [0.25, 0.3) is 0 Å². The lowest BCUT2D eigenvalue weighted by Crippen LogP contribution is -2.24. The molecule has 0 spiro atoms. The van der Waals surface area contributed by atoms with Crippen LogP contribution in [0.3, 0.4) is 0 Å². The number of benzene rings is 1. The van der Waals surface area contributed by atoms with Crippen LogP contribution < -0.4 is 10.1 Å². The second-order valence-electron chi connectivity index (χ2n) is 4.64. The maximum atomic E-state index is 12.1. The summed E-state index contributed by atoms with van der Waals surface area (Å²) in [6.07, 6.45) is 2.59. The molecular formula is C14H14ClN3O4S. The zero-order valence-electron chi connectivity index (χ0n) is 12.4. The largest absolute Gasteiger partial charge is 0.495 e. The second-order valence-corrected chi connectivity index (χ2v) is 6.93. The average molecular weight is 356 g/mol. The fraction of sp³-hybridized carbons (Fsp3) is 0.214. The van der Waals surface area contributed by atoms with E-state index in [0.29, 0.717) is 16.5 Å². The number of aryl methyl sites for hydroxylation is 1. The van der Waals surface area contributed by atoms with Crippen LogP contribution in [0.1, 0.15) is 5.56 Å². The van der Waals surface area contributed by atoms with Gasteiger partial charge in [0, 0.05) is 23.5 Å². The molecular weight excluding hydrogens is 342 g/mol. The number of carbonyl (C=O) groups excluding carboxylic acids is 1. The third-order valence-electron chi connectivity index (χ3n) is 2.90. The molecule has 7 nitrogen and oxygen atoms in total. The molecule has 1 aromatic carbocycles. The maximum Gasteiger partial charge on any atom is 0.247 e. The summed E-state index contributed by atoms with van der Waals surface area (Å²) >= 11 is 5.98. The Hall–Kier alpha value is -2.19. The molecule has 0 bridgehead atoms. The van der Waals surface area contributed by atoms with E-state index in [1.54, 1.807) is 19.1 Å². The van der Waals surface area contributed by atoms with Crippen LogP contribution in [0.4, 0.5) is 5.69 Å². The van der Waals surface area contributed by atoms with Crippen molar-refractivity contribution < 1.29 is 17.9 Å². The molecule has 0 atom stereocenters. The minimum Gasteiger partial charge on any atom is -0.495 e. The van der Waals surface area contributed by atoms with Crippen LogP contribution in [-0.4, -0.2) is 37.2 Å². The quantitative estimate of drug-likeness (QED) is 0.822. The molecule has 122 valence electrons. The number of sulfone groups is 1. The van der Waals surface area contributed by atoms with E-state index in [2.05, 4.69) is 15.3 Å². The molecule has 0 aliphatic carbocycles. The fourth-order valence-corrected chi connectivity index (χ4v) is 2.94. The van der Waals surface area contributed by atoms with Crippen LogP contribution in [0.2, 0.25) is 5.02 Å². The van der Waals surface area contributed by atoms with E-state index in [9.17, 15) is 13.2 Å². The van der Waals surface area contributed by atoms with Crippen molar-refractivity contribution in [2.45, 2.75) is 12.1 Å². The van der Waals surface area contributed by atoms with Crippen molar-refractivity contribution in [3.8, 4) is 5.75 Å². The van der Waals surface area contributed by atoms with Crippen LogP contribution in [-0.2, 0) is 14.6 Å². The number of aromatic nitrogens is 2. The van der Waals surface area contributed by atoms with Crippen molar-refractivity contribution in [1.29, 1.82) is 0 Å². The standard InChI is InChI=1S/C14H14ClN3O4S/c1-9-6-11(12(22-2)7-10(9)15)18-13(19)8-23(20,21)14-16-4-3-5-17-14/h3-7H,8H2,1-2H3,(H,18,19). The first-order valence-corrected chi connectivity index (χ1v) is 8.50. The van der Waals surface area contributed by atoms with Gasteiger partial charge in [0.25, 0.3) is 0 Å². The van der Waals surface area contributed by atoms with Crippen LogP contribution in [0, 0.1) is 6.92 Å².